The average Bonchev–Trinajstić information content (AvgIpc) is 2.62. The van der Waals surface area contributed by atoms with Crippen LogP contribution in [0, 0.1) is 5.82 Å². The number of nitrogens with one attached hydrogen (secondary N) is 1. The van der Waals surface area contributed by atoms with Crippen LogP contribution in [-0.4, -0.2) is 31.0 Å². The number of amides is 1. The fourth-order valence-corrected chi connectivity index (χ4v) is 3.56. The summed E-state index contributed by atoms with van der Waals surface area (Å²) in [5, 5.41) is 3.80. The van der Waals surface area contributed by atoms with E-state index in [-0.39, 0.29) is 17.8 Å². The van der Waals surface area contributed by atoms with E-state index in [9.17, 15) is 9.18 Å². The molecular weight excluding hydrogens is 355 g/mol. The SMILES string of the molecule is COc1ccc(Cl)cc1NCCC(=O)N1CCc2ccc(F)cc2C1C. The van der Waals surface area contributed by atoms with Gasteiger partial charge in [-0.05, 0) is 54.8 Å². The van der Waals surface area contributed by atoms with Crippen LogP contribution in [0.5, 0.6) is 5.75 Å². The van der Waals surface area contributed by atoms with Gasteiger partial charge in [0.2, 0.25) is 5.91 Å². The van der Waals surface area contributed by atoms with Crippen LogP contribution in [0.2, 0.25) is 5.02 Å². The van der Waals surface area contributed by atoms with Gasteiger partial charge in [0.1, 0.15) is 11.6 Å². The van der Waals surface area contributed by atoms with Crippen molar-refractivity contribution in [3.63, 3.8) is 0 Å². The number of methoxy groups -OCH3 is 1. The zero-order valence-corrected chi connectivity index (χ0v) is 15.6. The first-order valence-corrected chi connectivity index (χ1v) is 9.02. The number of hydrogen-bond donors (Lipinski definition) is 1. The van der Waals surface area contributed by atoms with Gasteiger partial charge in [-0.25, -0.2) is 4.39 Å². The predicted octanol–water partition coefficient (Wildman–Crippen LogP) is 4.44. The van der Waals surface area contributed by atoms with Gasteiger partial charge < -0.3 is 15.0 Å². The van der Waals surface area contributed by atoms with Crippen LogP contribution in [0.1, 0.15) is 30.5 Å². The Balaban J connectivity index is 1.62. The molecule has 6 heteroatoms. The summed E-state index contributed by atoms with van der Waals surface area (Å²) in [4.78, 5) is 14.5. The van der Waals surface area contributed by atoms with Crippen LogP contribution in [0.3, 0.4) is 0 Å². The van der Waals surface area contributed by atoms with Crippen LogP contribution in [-0.2, 0) is 11.2 Å². The van der Waals surface area contributed by atoms with Gasteiger partial charge in [-0.1, -0.05) is 17.7 Å². The van der Waals surface area contributed by atoms with Gasteiger partial charge in [0.15, 0.2) is 0 Å². The fraction of sp³-hybridized carbons (Fsp3) is 0.350. The number of carbonyl (C=O) groups is 1. The summed E-state index contributed by atoms with van der Waals surface area (Å²) in [5.41, 5.74) is 2.77. The lowest BCUT2D eigenvalue weighted by molar-refractivity contribution is -0.133. The number of benzene rings is 2. The Morgan fingerprint density at radius 1 is 1.35 bits per heavy atom. The Morgan fingerprint density at radius 3 is 2.92 bits per heavy atom. The first kappa shape index (κ1) is 18.5. The topological polar surface area (TPSA) is 41.6 Å². The van der Waals surface area contributed by atoms with Gasteiger partial charge in [-0.3, -0.25) is 4.79 Å². The molecule has 0 saturated carbocycles. The number of ether oxygens (including phenoxy) is 1. The van der Waals surface area contributed by atoms with Crippen LogP contribution in [0.4, 0.5) is 10.1 Å². The predicted molar refractivity (Wildman–Crippen MR) is 101 cm³/mol. The quantitative estimate of drug-likeness (QED) is 0.839. The molecule has 2 aromatic carbocycles. The molecule has 1 amide bonds. The van der Waals surface area contributed by atoms with E-state index in [1.807, 2.05) is 17.9 Å². The second kappa shape index (κ2) is 7.96. The van der Waals surface area contributed by atoms with Crippen molar-refractivity contribution < 1.29 is 13.9 Å². The van der Waals surface area contributed by atoms with E-state index in [0.29, 0.717) is 30.3 Å². The van der Waals surface area contributed by atoms with E-state index in [1.165, 1.54) is 12.1 Å². The Labute approximate surface area is 157 Å². The molecule has 1 aliphatic heterocycles. The third kappa shape index (κ3) is 3.93. The molecule has 4 nitrogen and oxygen atoms in total. The number of halogens is 2. The number of fused-ring (bicyclic) bond motifs is 1. The van der Waals surface area contributed by atoms with E-state index in [0.717, 1.165) is 23.2 Å². The summed E-state index contributed by atoms with van der Waals surface area (Å²) in [6.07, 6.45) is 1.09. The van der Waals surface area contributed by atoms with E-state index < -0.39 is 0 Å². The standard InChI is InChI=1S/C20H22ClFN2O2/c1-13-17-12-16(22)5-3-14(17)8-10-24(13)20(25)7-9-23-18-11-15(21)4-6-19(18)26-2/h3-6,11-13,23H,7-10H2,1-2H3. The number of anilines is 1. The largest absolute Gasteiger partial charge is 0.495 e. The molecule has 1 aliphatic rings. The molecule has 138 valence electrons. The third-order valence-corrected chi connectivity index (χ3v) is 5.02. The van der Waals surface area contributed by atoms with E-state index in [4.69, 9.17) is 16.3 Å². The molecule has 0 aliphatic carbocycles. The van der Waals surface area contributed by atoms with Crippen molar-refractivity contribution in [2.75, 3.05) is 25.5 Å². The third-order valence-electron chi connectivity index (χ3n) is 4.78. The first-order valence-electron chi connectivity index (χ1n) is 8.65. The number of carbonyl (C=O) groups excluding carboxylic acids is 1. The van der Waals surface area contributed by atoms with Crippen molar-refractivity contribution in [2.45, 2.75) is 25.8 Å². The van der Waals surface area contributed by atoms with Crippen LogP contribution >= 0.6 is 11.6 Å². The number of rotatable bonds is 5. The highest BCUT2D eigenvalue weighted by Crippen LogP contribution is 2.31. The van der Waals surface area contributed by atoms with Gasteiger partial charge in [0.05, 0.1) is 18.8 Å². The maximum absolute atomic E-state index is 13.6. The van der Waals surface area contributed by atoms with Crippen molar-refractivity contribution in [3.05, 3.63) is 58.4 Å². The number of nitrogens with zero attached hydrogens (tertiary/aromatic N) is 1. The monoisotopic (exact) mass is 376 g/mol. The Bertz CT molecular complexity index is 812. The molecule has 1 heterocycles. The summed E-state index contributed by atoms with van der Waals surface area (Å²) in [7, 11) is 1.59. The van der Waals surface area contributed by atoms with Gasteiger partial charge in [-0.15, -0.1) is 0 Å². The maximum atomic E-state index is 13.6. The highest BCUT2D eigenvalue weighted by atomic mass is 35.5. The number of hydrogen-bond acceptors (Lipinski definition) is 3. The smallest absolute Gasteiger partial charge is 0.224 e. The maximum Gasteiger partial charge on any atom is 0.224 e. The van der Waals surface area contributed by atoms with Crippen LogP contribution in [0.25, 0.3) is 0 Å². The molecule has 0 spiro atoms. The minimum absolute atomic E-state index is 0.0425. The second-order valence-electron chi connectivity index (χ2n) is 6.38. The zero-order chi connectivity index (χ0) is 18.7. The molecule has 1 atom stereocenters. The fourth-order valence-electron chi connectivity index (χ4n) is 3.39. The lowest BCUT2D eigenvalue weighted by Crippen LogP contribution is -2.39. The molecule has 0 saturated heterocycles. The zero-order valence-electron chi connectivity index (χ0n) is 14.9. The Hall–Kier alpha value is -2.27. The van der Waals surface area contributed by atoms with E-state index in [2.05, 4.69) is 5.32 Å². The van der Waals surface area contributed by atoms with Crippen molar-refractivity contribution in [1.82, 2.24) is 4.90 Å². The normalized spacial score (nSPS) is 16.2. The Morgan fingerprint density at radius 2 is 2.15 bits per heavy atom. The molecule has 0 aromatic heterocycles. The second-order valence-corrected chi connectivity index (χ2v) is 6.81. The van der Waals surface area contributed by atoms with Gasteiger partial charge in [-0.2, -0.15) is 0 Å². The average molecular weight is 377 g/mol. The summed E-state index contributed by atoms with van der Waals surface area (Å²) >= 11 is 6.02. The minimum Gasteiger partial charge on any atom is -0.495 e. The van der Waals surface area contributed by atoms with Gasteiger partial charge >= 0.3 is 0 Å². The summed E-state index contributed by atoms with van der Waals surface area (Å²) in [5.74, 6) is 0.457. The lowest BCUT2D eigenvalue weighted by Gasteiger charge is -2.35. The van der Waals surface area contributed by atoms with E-state index >= 15 is 0 Å². The van der Waals surface area contributed by atoms with E-state index in [1.54, 1.807) is 25.3 Å². The molecule has 2 aromatic rings. The molecular formula is C20H22ClFN2O2. The molecule has 0 radical (unpaired) electrons. The first-order chi connectivity index (χ1) is 12.5. The summed E-state index contributed by atoms with van der Waals surface area (Å²) in [6.45, 7) is 3.07. The van der Waals surface area contributed by atoms with Crippen LogP contribution in [0.15, 0.2) is 36.4 Å². The molecule has 0 bridgehead atoms. The summed E-state index contributed by atoms with van der Waals surface area (Å²) < 4.78 is 18.8. The van der Waals surface area contributed by atoms with Crippen LogP contribution < -0.4 is 10.1 Å². The Kier molecular flexibility index (Phi) is 5.67. The van der Waals surface area contributed by atoms with Crippen molar-refractivity contribution in [3.8, 4) is 5.75 Å². The van der Waals surface area contributed by atoms with Gasteiger partial charge in [0.25, 0.3) is 0 Å². The highest BCUT2D eigenvalue weighted by molar-refractivity contribution is 6.30. The molecule has 1 N–H and O–H groups in total. The van der Waals surface area contributed by atoms with Crippen molar-refractivity contribution >= 4 is 23.2 Å². The van der Waals surface area contributed by atoms with Crippen molar-refractivity contribution in [2.24, 2.45) is 0 Å². The molecule has 0 fully saturated rings. The van der Waals surface area contributed by atoms with Gasteiger partial charge in [0, 0.05) is 24.5 Å². The lowest BCUT2D eigenvalue weighted by atomic mass is 9.93. The minimum atomic E-state index is -0.264. The van der Waals surface area contributed by atoms with Crippen molar-refractivity contribution in [1.29, 1.82) is 0 Å². The highest BCUT2D eigenvalue weighted by Gasteiger charge is 2.27. The molecule has 3 rings (SSSR count). The molecule has 26 heavy (non-hydrogen) atoms. The summed E-state index contributed by atoms with van der Waals surface area (Å²) in [6, 6.07) is 10.0. The molecule has 1 unspecified atom stereocenters.